The number of hydrogen-bond acceptors (Lipinski definition) is 5. The van der Waals surface area contributed by atoms with Crippen LogP contribution in [0.5, 0.6) is 0 Å². The molecule has 0 atom stereocenters. The Morgan fingerprint density at radius 2 is 1.84 bits per heavy atom. The number of nitrogens with zero attached hydrogens (tertiary/aromatic N) is 2. The molecule has 1 rings (SSSR count). The van der Waals surface area contributed by atoms with Crippen LogP contribution in [0.4, 0.5) is 11.6 Å². The van der Waals surface area contributed by atoms with Crippen molar-refractivity contribution >= 4 is 11.6 Å². The summed E-state index contributed by atoms with van der Waals surface area (Å²) >= 11 is 0. The van der Waals surface area contributed by atoms with E-state index >= 15 is 0 Å². The molecular formula is C14H26N4O. The predicted octanol–water partition coefficient (Wildman–Crippen LogP) is 2.70. The zero-order valence-corrected chi connectivity index (χ0v) is 12.5. The van der Waals surface area contributed by atoms with Gasteiger partial charge in [0.2, 0.25) is 0 Å². The third-order valence-electron chi connectivity index (χ3n) is 2.46. The average Bonchev–Trinajstić information content (AvgIpc) is 2.35. The zero-order valence-electron chi connectivity index (χ0n) is 12.5. The maximum atomic E-state index is 5.50. The quantitative estimate of drug-likeness (QED) is 0.673. The van der Waals surface area contributed by atoms with Crippen molar-refractivity contribution in [1.29, 1.82) is 0 Å². The molecule has 1 heterocycles. The van der Waals surface area contributed by atoms with Gasteiger partial charge in [0.15, 0.2) is 0 Å². The fourth-order valence-corrected chi connectivity index (χ4v) is 1.67. The maximum Gasteiger partial charge on any atom is 0.133 e. The minimum atomic E-state index is 0.264. The minimum Gasteiger partial charge on any atom is -0.377 e. The Kier molecular flexibility index (Phi) is 7.18. The number of nitrogens with one attached hydrogen (secondary N) is 2. The van der Waals surface area contributed by atoms with Gasteiger partial charge >= 0.3 is 0 Å². The second kappa shape index (κ2) is 8.69. The summed E-state index contributed by atoms with van der Waals surface area (Å²) in [6.45, 7) is 10.6. The molecule has 0 unspecified atom stereocenters. The van der Waals surface area contributed by atoms with Gasteiger partial charge in [-0.2, -0.15) is 0 Å². The molecule has 0 bridgehead atoms. The molecule has 1 aromatic heterocycles. The Balaban J connectivity index is 2.59. The summed E-state index contributed by atoms with van der Waals surface area (Å²) in [5.41, 5.74) is 0. The summed E-state index contributed by atoms with van der Waals surface area (Å²) in [5, 5.41) is 6.51. The number of aromatic nitrogens is 2. The molecule has 1 aromatic rings. The molecule has 2 N–H and O–H groups in total. The van der Waals surface area contributed by atoms with Crippen molar-refractivity contribution in [2.75, 3.05) is 30.3 Å². The summed E-state index contributed by atoms with van der Waals surface area (Å²) in [5.74, 6) is 2.63. The minimum absolute atomic E-state index is 0.264. The monoisotopic (exact) mass is 266 g/mol. The SMILES string of the molecule is CCCc1nc(NCC)cc(NCCOC(C)C)n1. The van der Waals surface area contributed by atoms with Gasteiger partial charge in [0.05, 0.1) is 12.7 Å². The van der Waals surface area contributed by atoms with Crippen LogP contribution in [-0.4, -0.2) is 35.8 Å². The van der Waals surface area contributed by atoms with Gasteiger partial charge in [-0.05, 0) is 27.2 Å². The molecule has 5 heteroatoms. The summed E-state index contributed by atoms with van der Waals surface area (Å²) in [6.07, 6.45) is 2.21. The van der Waals surface area contributed by atoms with Gasteiger partial charge in [-0.25, -0.2) is 9.97 Å². The van der Waals surface area contributed by atoms with Crippen molar-refractivity contribution in [3.63, 3.8) is 0 Å². The van der Waals surface area contributed by atoms with E-state index in [2.05, 4.69) is 34.4 Å². The van der Waals surface area contributed by atoms with Gasteiger partial charge in [0.1, 0.15) is 17.5 Å². The maximum absolute atomic E-state index is 5.50. The van der Waals surface area contributed by atoms with Crippen LogP contribution in [0.15, 0.2) is 6.07 Å². The van der Waals surface area contributed by atoms with Crippen LogP contribution in [0.25, 0.3) is 0 Å². The first-order valence-electron chi connectivity index (χ1n) is 7.13. The Morgan fingerprint density at radius 3 is 2.42 bits per heavy atom. The molecule has 19 heavy (non-hydrogen) atoms. The second-order valence-electron chi connectivity index (χ2n) is 4.68. The molecule has 0 fully saturated rings. The molecule has 108 valence electrons. The summed E-state index contributed by atoms with van der Waals surface area (Å²) in [6, 6.07) is 1.94. The fourth-order valence-electron chi connectivity index (χ4n) is 1.67. The number of anilines is 2. The lowest BCUT2D eigenvalue weighted by atomic mass is 10.3. The van der Waals surface area contributed by atoms with Crippen molar-refractivity contribution < 1.29 is 4.74 Å². The van der Waals surface area contributed by atoms with E-state index in [-0.39, 0.29) is 6.10 Å². The Morgan fingerprint density at radius 1 is 1.16 bits per heavy atom. The van der Waals surface area contributed by atoms with Crippen LogP contribution in [0.1, 0.15) is 39.9 Å². The first kappa shape index (κ1) is 15.7. The molecule has 0 aromatic carbocycles. The van der Waals surface area contributed by atoms with E-state index in [1.807, 2.05) is 19.9 Å². The van der Waals surface area contributed by atoms with Crippen LogP contribution in [-0.2, 0) is 11.2 Å². The molecule has 5 nitrogen and oxygen atoms in total. The molecule has 0 saturated carbocycles. The molecule has 0 aliphatic heterocycles. The van der Waals surface area contributed by atoms with Crippen molar-refractivity contribution in [3.8, 4) is 0 Å². The van der Waals surface area contributed by atoms with Crippen molar-refractivity contribution in [2.45, 2.75) is 46.6 Å². The van der Waals surface area contributed by atoms with Gasteiger partial charge in [-0.1, -0.05) is 6.92 Å². The Labute approximate surface area is 116 Å². The average molecular weight is 266 g/mol. The summed E-state index contributed by atoms with van der Waals surface area (Å²) < 4.78 is 5.50. The largest absolute Gasteiger partial charge is 0.377 e. The lowest BCUT2D eigenvalue weighted by Gasteiger charge is -2.11. The van der Waals surface area contributed by atoms with Gasteiger partial charge in [0, 0.05) is 25.6 Å². The third kappa shape index (κ3) is 6.38. The van der Waals surface area contributed by atoms with E-state index in [9.17, 15) is 0 Å². The molecule has 0 saturated heterocycles. The number of hydrogen-bond donors (Lipinski definition) is 2. The first-order valence-corrected chi connectivity index (χ1v) is 7.13. The highest BCUT2D eigenvalue weighted by atomic mass is 16.5. The third-order valence-corrected chi connectivity index (χ3v) is 2.46. The van der Waals surface area contributed by atoms with Crippen LogP contribution < -0.4 is 10.6 Å². The molecule has 0 amide bonds. The highest BCUT2D eigenvalue weighted by Gasteiger charge is 2.03. The molecule has 0 aliphatic carbocycles. The predicted molar refractivity (Wildman–Crippen MR) is 79.8 cm³/mol. The Hall–Kier alpha value is -1.36. The van der Waals surface area contributed by atoms with E-state index < -0.39 is 0 Å². The van der Waals surface area contributed by atoms with Gasteiger partial charge in [-0.3, -0.25) is 0 Å². The van der Waals surface area contributed by atoms with Crippen LogP contribution in [0.2, 0.25) is 0 Å². The highest BCUT2D eigenvalue weighted by Crippen LogP contribution is 2.12. The molecular weight excluding hydrogens is 240 g/mol. The standard InChI is InChI=1S/C14H26N4O/c1-5-7-12-17-13(15-6-2)10-14(18-12)16-8-9-19-11(3)4/h10-11H,5-9H2,1-4H3,(H2,15,16,17,18). The molecule has 0 spiro atoms. The van der Waals surface area contributed by atoms with Crippen molar-refractivity contribution in [1.82, 2.24) is 9.97 Å². The van der Waals surface area contributed by atoms with E-state index in [1.54, 1.807) is 0 Å². The van der Waals surface area contributed by atoms with E-state index in [0.29, 0.717) is 6.61 Å². The molecule has 0 radical (unpaired) electrons. The van der Waals surface area contributed by atoms with E-state index in [4.69, 9.17) is 4.74 Å². The smallest absolute Gasteiger partial charge is 0.133 e. The van der Waals surface area contributed by atoms with E-state index in [1.165, 1.54) is 0 Å². The van der Waals surface area contributed by atoms with E-state index in [0.717, 1.165) is 43.4 Å². The van der Waals surface area contributed by atoms with Crippen LogP contribution in [0, 0.1) is 0 Å². The van der Waals surface area contributed by atoms with Crippen LogP contribution in [0.3, 0.4) is 0 Å². The van der Waals surface area contributed by atoms with Gasteiger partial charge in [0.25, 0.3) is 0 Å². The normalized spacial score (nSPS) is 10.8. The topological polar surface area (TPSA) is 59.1 Å². The number of ether oxygens (including phenoxy) is 1. The fraction of sp³-hybridized carbons (Fsp3) is 0.714. The lowest BCUT2D eigenvalue weighted by Crippen LogP contribution is -2.15. The zero-order chi connectivity index (χ0) is 14.1. The summed E-state index contributed by atoms with van der Waals surface area (Å²) in [4.78, 5) is 8.98. The molecule has 0 aliphatic rings. The Bertz CT molecular complexity index is 344. The summed E-state index contributed by atoms with van der Waals surface area (Å²) in [7, 11) is 0. The van der Waals surface area contributed by atoms with Gasteiger partial charge < -0.3 is 15.4 Å². The lowest BCUT2D eigenvalue weighted by molar-refractivity contribution is 0.0870. The first-order chi connectivity index (χ1) is 9.15. The van der Waals surface area contributed by atoms with Crippen molar-refractivity contribution in [2.24, 2.45) is 0 Å². The van der Waals surface area contributed by atoms with Crippen LogP contribution >= 0.6 is 0 Å². The number of aryl methyl sites for hydroxylation is 1. The second-order valence-corrected chi connectivity index (χ2v) is 4.68. The van der Waals surface area contributed by atoms with Crippen molar-refractivity contribution in [3.05, 3.63) is 11.9 Å². The van der Waals surface area contributed by atoms with Gasteiger partial charge in [-0.15, -0.1) is 0 Å². The number of rotatable bonds is 9. The highest BCUT2D eigenvalue weighted by molar-refractivity contribution is 5.47.